The zero-order valence-electron chi connectivity index (χ0n) is 9.32. The van der Waals surface area contributed by atoms with Crippen LogP contribution in [0.3, 0.4) is 0 Å². The van der Waals surface area contributed by atoms with E-state index >= 15 is 0 Å². The van der Waals surface area contributed by atoms with Crippen LogP contribution in [0.2, 0.25) is 0 Å². The van der Waals surface area contributed by atoms with Gasteiger partial charge in [-0.25, -0.2) is 0 Å². The zero-order chi connectivity index (χ0) is 11.4. The second-order valence-corrected chi connectivity index (χ2v) is 4.39. The summed E-state index contributed by atoms with van der Waals surface area (Å²) in [5.74, 6) is -0.0861. The largest absolute Gasteiger partial charge is 0.299 e. The quantitative estimate of drug-likeness (QED) is 0.728. The smallest absolute Gasteiger partial charge is 0.147 e. The number of ketones is 2. The maximum Gasteiger partial charge on any atom is 0.147 e. The maximum absolute atomic E-state index is 12.0. The minimum Gasteiger partial charge on any atom is -0.299 e. The topological polar surface area (TPSA) is 34.1 Å². The molecule has 0 heterocycles. The first kappa shape index (κ1) is 11.1. The van der Waals surface area contributed by atoms with Crippen molar-refractivity contribution in [3.8, 4) is 0 Å². The van der Waals surface area contributed by atoms with Crippen LogP contribution in [0.1, 0.15) is 31.2 Å². The molecule has 16 heavy (non-hydrogen) atoms. The van der Waals surface area contributed by atoms with Gasteiger partial charge in [0.05, 0.1) is 5.92 Å². The van der Waals surface area contributed by atoms with Crippen molar-refractivity contribution in [3.05, 3.63) is 35.9 Å². The molecule has 0 saturated heterocycles. The summed E-state index contributed by atoms with van der Waals surface area (Å²) in [6, 6.07) is 9.65. The molecular weight excluding hydrogens is 200 g/mol. The first-order valence-electron chi connectivity index (χ1n) is 5.87. The molecule has 1 aromatic rings. The fraction of sp³-hybridized carbons (Fsp3) is 0.429. The van der Waals surface area contributed by atoms with Crippen LogP contribution >= 0.6 is 0 Å². The van der Waals surface area contributed by atoms with Gasteiger partial charge >= 0.3 is 0 Å². The molecule has 0 aromatic heterocycles. The van der Waals surface area contributed by atoms with Gasteiger partial charge in [0.1, 0.15) is 11.6 Å². The van der Waals surface area contributed by atoms with Gasteiger partial charge in [-0.2, -0.15) is 0 Å². The van der Waals surface area contributed by atoms with E-state index in [1.807, 2.05) is 30.3 Å². The van der Waals surface area contributed by atoms with Gasteiger partial charge in [-0.15, -0.1) is 0 Å². The number of rotatable bonds is 3. The summed E-state index contributed by atoms with van der Waals surface area (Å²) in [5, 5.41) is 0. The van der Waals surface area contributed by atoms with Crippen LogP contribution in [-0.4, -0.2) is 11.6 Å². The van der Waals surface area contributed by atoms with E-state index < -0.39 is 0 Å². The van der Waals surface area contributed by atoms with E-state index in [-0.39, 0.29) is 17.5 Å². The van der Waals surface area contributed by atoms with Gasteiger partial charge in [0.15, 0.2) is 0 Å². The van der Waals surface area contributed by atoms with Crippen molar-refractivity contribution >= 4 is 11.6 Å². The highest BCUT2D eigenvalue weighted by atomic mass is 16.1. The minimum absolute atomic E-state index is 0.0934. The van der Waals surface area contributed by atoms with Gasteiger partial charge in [-0.05, 0) is 18.4 Å². The molecule has 0 N–H and O–H groups in total. The van der Waals surface area contributed by atoms with Crippen molar-refractivity contribution in [1.29, 1.82) is 0 Å². The lowest BCUT2D eigenvalue weighted by molar-refractivity contribution is -0.134. The molecule has 1 aromatic carbocycles. The molecule has 0 spiro atoms. The molecule has 1 atom stereocenters. The summed E-state index contributed by atoms with van der Waals surface area (Å²) < 4.78 is 0. The first-order valence-corrected chi connectivity index (χ1v) is 5.87. The molecule has 2 nitrogen and oxygen atoms in total. The van der Waals surface area contributed by atoms with Crippen molar-refractivity contribution < 1.29 is 9.59 Å². The Balaban J connectivity index is 2.00. The van der Waals surface area contributed by atoms with Crippen molar-refractivity contribution in [3.63, 3.8) is 0 Å². The predicted molar refractivity (Wildman–Crippen MR) is 62.1 cm³/mol. The fourth-order valence-electron chi connectivity index (χ4n) is 2.24. The molecule has 84 valence electrons. The van der Waals surface area contributed by atoms with Gasteiger partial charge in [0, 0.05) is 12.8 Å². The Hall–Kier alpha value is -1.44. The van der Waals surface area contributed by atoms with Crippen molar-refractivity contribution in [2.45, 2.75) is 32.1 Å². The highest BCUT2D eigenvalue weighted by Crippen LogP contribution is 2.22. The second kappa shape index (κ2) is 5.06. The molecule has 1 aliphatic rings. The summed E-state index contributed by atoms with van der Waals surface area (Å²) in [6.45, 7) is 0. The molecule has 0 bridgehead atoms. The standard InChI is InChI=1S/C14H16O2/c15-13-9-5-4-8-12(13)14(16)10-11-6-2-1-3-7-11/h1-3,6-7,12H,4-5,8-10H2. The summed E-state index contributed by atoms with van der Waals surface area (Å²) >= 11 is 0. The van der Waals surface area contributed by atoms with Crippen molar-refractivity contribution in [2.24, 2.45) is 5.92 Å². The summed E-state index contributed by atoms with van der Waals surface area (Å²) in [7, 11) is 0. The predicted octanol–water partition coefficient (Wildman–Crippen LogP) is 2.56. The molecule has 1 unspecified atom stereocenters. The van der Waals surface area contributed by atoms with Crippen LogP contribution in [0.15, 0.2) is 30.3 Å². The highest BCUT2D eigenvalue weighted by Gasteiger charge is 2.28. The van der Waals surface area contributed by atoms with E-state index in [9.17, 15) is 9.59 Å². The van der Waals surface area contributed by atoms with Gasteiger partial charge in [-0.1, -0.05) is 36.8 Å². The molecule has 2 heteroatoms. The van der Waals surface area contributed by atoms with E-state index in [0.717, 1.165) is 24.8 Å². The monoisotopic (exact) mass is 216 g/mol. The van der Waals surface area contributed by atoms with Crippen LogP contribution in [0.4, 0.5) is 0 Å². The molecule has 0 radical (unpaired) electrons. The van der Waals surface area contributed by atoms with Crippen LogP contribution in [0.5, 0.6) is 0 Å². The normalized spacial score (nSPS) is 20.8. The van der Waals surface area contributed by atoms with E-state index in [2.05, 4.69) is 0 Å². The van der Waals surface area contributed by atoms with E-state index in [0.29, 0.717) is 12.8 Å². The second-order valence-electron chi connectivity index (χ2n) is 4.39. The van der Waals surface area contributed by atoms with Crippen molar-refractivity contribution in [2.75, 3.05) is 0 Å². The van der Waals surface area contributed by atoms with Gasteiger partial charge in [-0.3, -0.25) is 9.59 Å². The Labute approximate surface area is 95.7 Å². The lowest BCUT2D eigenvalue weighted by Gasteiger charge is -2.19. The van der Waals surface area contributed by atoms with E-state index in [4.69, 9.17) is 0 Å². The fourth-order valence-corrected chi connectivity index (χ4v) is 2.24. The van der Waals surface area contributed by atoms with Crippen LogP contribution in [-0.2, 0) is 16.0 Å². The molecule has 0 amide bonds. The average molecular weight is 216 g/mol. The number of hydrogen-bond donors (Lipinski definition) is 0. The maximum atomic E-state index is 12.0. The number of carbonyl (C=O) groups is 2. The Morgan fingerprint density at radius 1 is 1.19 bits per heavy atom. The lowest BCUT2D eigenvalue weighted by atomic mass is 9.83. The highest BCUT2D eigenvalue weighted by molar-refractivity contribution is 6.03. The van der Waals surface area contributed by atoms with E-state index in [1.54, 1.807) is 0 Å². The Morgan fingerprint density at radius 2 is 1.94 bits per heavy atom. The zero-order valence-corrected chi connectivity index (χ0v) is 9.32. The third kappa shape index (κ3) is 2.57. The minimum atomic E-state index is -0.325. The molecule has 1 aliphatic carbocycles. The van der Waals surface area contributed by atoms with Crippen molar-refractivity contribution in [1.82, 2.24) is 0 Å². The molecule has 1 saturated carbocycles. The Morgan fingerprint density at radius 3 is 2.62 bits per heavy atom. The average Bonchev–Trinajstić information content (AvgIpc) is 2.31. The summed E-state index contributed by atoms with van der Waals surface area (Å²) in [4.78, 5) is 23.6. The van der Waals surface area contributed by atoms with Crippen LogP contribution in [0, 0.1) is 5.92 Å². The van der Waals surface area contributed by atoms with Crippen LogP contribution in [0.25, 0.3) is 0 Å². The lowest BCUT2D eigenvalue weighted by Crippen LogP contribution is -2.28. The number of benzene rings is 1. The van der Waals surface area contributed by atoms with E-state index in [1.165, 1.54) is 0 Å². The summed E-state index contributed by atoms with van der Waals surface area (Å²) in [6.07, 6.45) is 3.71. The van der Waals surface area contributed by atoms with Crippen LogP contribution < -0.4 is 0 Å². The molecule has 1 fully saturated rings. The molecular formula is C14H16O2. The Bertz CT molecular complexity index is 381. The SMILES string of the molecule is O=C1CCCCC1C(=O)Cc1ccccc1. The molecule has 0 aliphatic heterocycles. The first-order chi connectivity index (χ1) is 7.77. The third-order valence-corrected chi connectivity index (χ3v) is 3.16. The number of carbonyl (C=O) groups excluding carboxylic acids is 2. The third-order valence-electron chi connectivity index (χ3n) is 3.16. The van der Waals surface area contributed by atoms with Gasteiger partial charge < -0.3 is 0 Å². The molecule has 2 rings (SSSR count). The number of hydrogen-bond acceptors (Lipinski definition) is 2. The van der Waals surface area contributed by atoms with Gasteiger partial charge in [0.2, 0.25) is 0 Å². The summed E-state index contributed by atoms with van der Waals surface area (Å²) in [5.41, 5.74) is 1.01. The Kier molecular flexibility index (Phi) is 3.50. The number of Topliss-reactive ketones (excluding diaryl/α,β-unsaturated/α-hetero) is 2. The van der Waals surface area contributed by atoms with Gasteiger partial charge in [0.25, 0.3) is 0 Å².